The third kappa shape index (κ3) is 13.6. The van der Waals surface area contributed by atoms with Crippen LogP contribution in [-0.2, 0) is 24.0 Å². The molecule has 31 heavy (non-hydrogen) atoms. The molecule has 12 heteroatoms. The Morgan fingerprint density at radius 2 is 1.48 bits per heavy atom. The Hall–Kier alpha value is -2.34. The lowest BCUT2D eigenvalue weighted by Crippen LogP contribution is -2.57. The first kappa shape index (κ1) is 28.7. The summed E-state index contributed by atoms with van der Waals surface area (Å²) >= 11 is 3.80. The summed E-state index contributed by atoms with van der Waals surface area (Å²) in [6.45, 7) is 1.94. The topological polar surface area (TPSA) is 188 Å². The molecule has 3 unspecified atom stereocenters. The number of thiol groups is 1. The minimum absolute atomic E-state index is 0.184. The summed E-state index contributed by atoms with van der Waals surface area (Å²) in [7, 11) is 0. The van der Waals surface area contributed by atoms with E-state index in [1.54, 1.807) is 0 Å². The fourth-order valence-corrected chi connectivity index (χ4v) is 2.84. The predicted molar refractivity (Wildman–Crippen MR) is 117 cm³/mol. The Morgan fingerprint density at radius 1 is 0.903 bits per heavy atom. The number of nitrogens with one attached hydrogen (secondary N) is 3. The van der Waals surface area contributed by atoms with Crippen molar-refractivity contribution in [3.8, 4) is 0 Å². The third-order valence-corrected chi connectivity index (χ3v) is 4.79. The van der Waals surface area contributed by atoms with E-state index in [2.05, 4.69) is 35.5 Å². The number of hydrogen-bond donors (Lipinski definition) is 7. The molecule has 0 rings (SSSR count). The van der Waals surface area contributed by atoms with Gasteiger partial charge in [0, 0.05) is 18.7 Å². The molecule has 0 heterocycles. The fourth-order valence-electron chi connectivity index (χ4n) is 2.59. The van der Waals surface area contributed by atoms with E-state index >= 15 is 0 Å². The summed E-state index contributed by atoms with van der Waals surface area (Å²) in [6.07, 6.45) is 5.72. The van der Waals surface area contributed by atoms with Crippen molar-refractivity contribution in [2.24, 2.45) is 5.73 Å². The van der Waals surface area contributed by atoms with Crippen molar-refractivity contribution in [1.82, 2.24) is 16.0 Å². The van der Waals surface area contributed by atoms with Crippen molar-refractivity contribution < 1.29 is 34.2 Å². The SMILES string of the molecule is CCCCCCCCC(=O)NCC(N)C(=O)NC(CC(=O)O)C(=O)NC(CS)C(=O)O. The zero-order chi connectivity index (χ0) is 23.8. The smallest absolute Gasteiger partial charge is 0.327 e. The monoisotopic (exact) mass is 462 g/mol. The van der Waals surface area contributed by atoms with E-state index in [1.807, 2.05) is 0 Å². The first-order valence-corrected chi connectivity index (χ1v) is 10.9. The van der Waals surface area contributed by atoms with Gasteiger partial charge in [0.2, 0.25) is 17.7 Å². The maximum Gasteiger partial charge on any atom is 0.327 e. The molecule has 11 nitrogen and oxygen atoms in total. The maximum absolute atomic E-state index is 12.2. The molecule has 3 atom stereocenters. The first-order chi connectivity index (χ1) is 14.6. The quantitative estimate of drug-likeness (QED) is 0.113. The number of carbonyl (C=O) groups excluding carboxylic acids is 3. The highest BCUT2D eigenvalue weighted by molar-refractivity contribution is 7.80. The van der Waals surface area contributed by atoms with E-state index in [0.717, 1.165) is 32.1 Å². The van der Waals surface area contributed by atoms with Gasteiger partial charge in [0.25, 0.3) is 0 Å². The lowest BCUT2D eigenvalue weighted by atomic mass is 10.1. The van der Waals surface area contributed by atoms with Gasteiger partial charge >= 0.3 is 11.9 Å². The molecule has 0 aliphatic rings. The molecule has 0 aromatic heterocycles. The molecule has 0 fully saturated rings. The van der Waals surface area contributed by atoms with Crippen LogP contribution < -0.4 is 21.7 Å². The molecule has 0 bridgehead atoms. The van der Waals surface area contributed by atoms with Gasteiger partial charge in [0.1, 0.15) is 18.1 Å². The van der Waals surface area contributed by atoms with Crippen LogP contribution in [0.4, 0.5) is 0 Å². The normalized spacial score (nSPS) is 13.5. The molecule has 7 N–H and O–H groups in total. The van der Waals surface area contributed by atoms with Gasteiger partial charge in [-0.2, -0.15) is 12.6 Å². The number of unbranched alkanes of at least 4 members (excludes halogenated alkanes) is 5. The van der Waals surface area contributed by atoms with Crippen LogP contribution in [0, 0.1) is 0 Å². The van der Waals surface area contributed by atoms with Crippen LogP contribution in [0.1, 0.15) is 58.3 Å². The second-order valence-corrected chi connectivity index (χ2v) is 7.53. The number of amides is 3. The third-order valence-electron chi connectivity index (χ3n) is 4.42. The maximum atomic E-state index is 12.2. The molecule has 0 aromatic rings. The van der Waals surface area contributed by atoms with Crippen LogP contribution >= 0.6 is 12.6 Å². The van der Waals surface area contributed by atoms with E-state index in [9.17, 15) is 24.0 Å². The van der Waals surface area contributed by atoms with Crippen LogP contribution in [0.5, 0.6) is 0 Å². The van der Waals surface area contributed by atoms with Gasteiger partial charge in [-0.15, -0.1) is 0 Å². The number of nitrogens with two attached hydrogens (primary N) is 1. The number of rotatable bonds is 17. The Balaban J connectivity index is 4.54. The summed E-state index contributed by atoms with van der Waals surface area (Å²) in [5.74, 6) is -5.04. The second-order valence-electron chi connectivity index (χ2n) is 7.17. The molecule has 0 aliphatic heterocycles. The molecule has 0 aromatic carbocycles. The van der Waals surface area contributed by atoms with Crippen LogP contribution in [0.25, 0.3) is 0 Å². The Bertz CT molecular complexity index is 618. The van der Waals surface area contributed by atoms with Crippen molar-refractivity contribution in [2.45, 2.75) is 76.4 Å². The Kier molecular flexibility index (Phi) is 15.1. The van der Waals surface area contributed by atoms with Crippen LogP contribution in [0.15, 0.2) is 0 Å². The zero-order valence-electron chi connectivity index (χ0n) is 17.8. The molecular weight excluding hydrogens is 428 g/mol. The molecule has 0 saturated heterocycles. The van der Waals surface area contributed by atoms with E-state index in [4.69, 9.17) is 15.9 Å². The van der Waals surface area contributed by atoms with Crippen molar-refractivity contribution in [3.05, 3.63) is 0 Å². The van der Waals surface area contributed by atoms with Crippen molar-refractivity contribution in [3.63, 3.8) is 0 Å². The zero-order valence-corrected chi connectivity index (χ0v) is 18.7. The van der Waals surface area contributed by atoms with Gasteiger partial charge in [-0.05, 0) is 6.42 Å². The molecular formula is C19H34N4O7S. The summed E-state index contributed by atoms with van der Waals surface area (Å²) in [6, 6.07) is -4.09. The highest BCUT2D eigenvalue weighted by Gasteiger charge is 2.29. The number of carboxylic acids is 2. The second kappa shape index (κ2) is 16.4. The van der Waals surface area contributed by atoms with Gasteiger partial charge in [-0.3, -0.25) is 19.2 Å². The summed E-state index contributed by atoms with van der Waals surface area (Å²) in [4.78, 5) is 58.3. The average molecular weight is 463 g/mol. The molecule has 0 aliphatic carbocycles. The lowest BCUT2D eigenvalue weighted by molar-refractivity contribution is -0.143. The number of carbonyl (C=O) groups is 5. The number of aliphatic carboxylic acids is 2. The highest BCUT2D eigenvalue weighted by Crippen LogP contribution is 2.06. The Morgan fingerprint density at radius 3 is 2.03 bits per heavy atom. The molecule has 0 saturated carbocycles. The lowest BCUT2D eigenvalue weighted by Gasteiger charge is -2.21. The van der Waals surface area contributed by atoms with Crippen molar-refractivity contribution in [2.75, 3.05) is 12.3 Å². The summed E-state index contributed by atoms with van der Waals surface area (Å²) < 4.78 is 0. The average Bonchev–Trinajstić information content (AvgIpc) is 2.71. The minimum Gasteiger partial charge on any atom is -0.481 e. The minimum atomic E-state index is -1.53. The van der Waals surface area contributed by atoms with Gasteiger partial charge < -0.3 is 31.9 Å². The molecule has 0 spiro atoms. The van der Waals surface area contributed by atoms with E-state index in [-0.39, 0.29) is 18.2 Å². The van der Waals surface area contributed by atoms with Gasteiger partial charge in [0.05, 0.1) is 6.42 Å². The molecule has 178 valence electrons. The summed E-state index contributed by atoms with van der Waals surface area (Å²) in [5, 5.41) is 24.8. The van der Waals surface area contributed by atoms with E-state index in [1.165, 1.54) is 6.42 Å². The number of carboxylic acid groups (broad SMARTS) is 2. The van der Waals surface area contributed by atoms with Gasteiger partial charge in [-0.25, -0.2) is 4.79 Å². The number of hydrogen-bond acceptors (Lipinski definition) is 7. The Labute approximate surface area is 187 Å². The standard InChI is InChI=1S/C19H34N4O7S/c1-2-3-4-5-6-7-8-15(24)21-10-12(20)17(27)22-13(9-16(25)26)18(28)23-14(11-31)19(29)30/h12-14,31H,2-11,20H2,1H3,(H,21,24)(H,22,27)(H,23,28)(H,25,26)(H,29,30). The van der Waals surface area contributed by atoms with Crippen LogP contribution in [0.2, 0.25) is 0 Å². The fraction of sp³-hybridized carbons (Fsp3) is 0.737. The van der Waals surface area contributed by atoms with Crippen LogP contribution in [-0.4, -0.2) is 70.3 Å². The molecule has 0 radical (unpaired) electrons. The van der Waals surface area contributed by atoms with Gasteiger partial charge in [-0.1, -0.05) is 39.0 Å². The molecule has 3 amide bonds. The van der Waals surface area contributed by atoms with Crippen molar-refractivity contribution in [1.29, 1.82) is 0 Å². The summed E-state index contributed by atoms with van der Waals surface area (Å²) in [5.41, 5.74) is 5.72. The van der Waals surface area contributed by atoms with E-state index < -0.39 is 48.3 Å². The highest BCUT2D eigenvalue weighted by atomic mass is 32.1. The van der Waals surface area contributed by atoms with Gasteiger partial charge in [0.15, 0.2) is 0 Å². The predicted octanol–water partition coefficient (Wildman–Crippen LogP) is -0.361. The van der Waals surface area contributed by atoms with Crippen molar-refractivity contribution >= 4 is 42.3 Å². The van der Waals surface area contributed by atoms with Crippen LogP contribution in [0.3, 0.4) is 0 Å². The first-order valence-electron chi connectivity index (χ1n) is 10.3. The van der Waals surface area contributed by atoms with E-state index in [0.29, 0.717) is 6.42 Å². The largest absolute Gasteiger partial charge is 0.481 e.